The highest BCUT2D eigenvalue weighted by Crippen LogP contribution is 2.35. The summed E-state index contributed by atoms with van der Waals surface area (Å²) in [6.45, 7) is 6.03. The first-order valence-electron chi connectivity index (χ1n) is 5.99. The summed E-state index contributed by atoms with van der Waals surface area (Å²) in [5, 5.41) is 4.04. The maximum Gasteiger partial charge on any atom is 0.127 e. The van der Waals surface area contributed by atoms with E-state index in [0.29, 0.717) is 0 Å². The van der Waals surface area contributed by atoms with Crippen LogP contribution in [0.5, 0.6) is 5.75 Å². The third-order valence-corrected chi connectivity index (χ3v) is 4.23. The molecule has 0 aliphatic rings. The molecule has 1 heterocycles. The third-order valence-electron chi connectivity index (χ3n) is 3.34. The van der Waals surface area contributed by atoms with Crippen molar-refractivity contribution in [2.24, 2.45) is 5.84 Å². The van der Waals surface area contributed by atoms with Gasteiger partial charge in [-0.2, -0.15) is 0 Å². The van der Waals surface area contributed by atoms with Gasteiger partial charge < -0.3 is 4.74 Å². The van der Waals surface area contributed by atoms with Crippen molar-refractivity contribution in [3.05, 3.63) is 39.4 Å². The molecule has 0 bridgehead atoms. The largest absolute Gasteiger partial charge is 0.496 e. The SMILES string of the molecule is COc1c(C(NN)c2snnc2C)ccc(C)c1C. The van der Waals surface area contributed by atoms with Crippen LogP contribution in [0.25, 0.3) is 0 Å². The molecule has 1 aromatic heterocycles. The third kappa shape index (κ3) is 2.47. The van der Waals surface area contributed by atoms with E-state index < -0.39 is 0 Å². The monoisotopic (exact) mass is 278 g/mol. The Morgan fingerprint density at radius 2 is 2.05 bits per heavy atom. The minimum Gasteiger partial charge on any atom is -0.496 e. The van der Waals surface area contributed by atoms with Crippen molar-refractivity contribution in [1.29, 1.82) is 0 Å². The number of hydrogen-bond acceptors (Lipinski definition) is 6. The number of hydrogen-bond donors (Lipinski definition) is 2. The summed E-state index contributed by atoms with van der Waals surface area (Å²) in [6.07, 6.45) is 0. The van der Waals surface area contributed by atoms with E-state index in [2.05, 4.69) is 28.0 Å². The second-order valence-corrected chi connectivity index (χ2v) is 5.24. The fraction of sp³-hybridized carbons (Fsp3) is 0.385. The van der Waals surface area contributed by atoms with E-state index in [9.17, 15) is 0 Å². The lowest BCUT2D eigenvalue weighted by Gasteiger charge is -2.20. The smallest absolute Gasteiger partial charge is 0.127 e. The molecule has 1 atom stereocenters. The van der Waals surface area contributed by atoms with Crippen LogP contribution in [0.2, 0.25) is 0 Å². The zero-order valence-electron chi connectivity index (χ0n) is 11.5. The van der Waals surface area contributed by atoms with E-state index in [1.165, 1.54) is 17.1 Å². The molecule has 1 unspecified atom stereocenters. The highest BCUT2D eigenvalue weighted by Gasteiger charge is 2.22. The number of nitrogens with zero attached hydrogens (tertiary/aromatic N) is 2. The number of benzene rings is 1. The molecule has 6 heteroatoms. The molecule has 0 aliphatic carbocycles. The number of aromatic nitrogens is 2. The van der Waals surface area contributed by atoms with Gasteiger partial charge in [0.15, 0.2) is 0 Å². The lowest BCUT2D eigenvalue weighted by molar-refractivity contribution is 0.401. The van der Waals surface area contributed by atoms with E-state index in [0.717, 1.165) is 27.4 Å². The van der Waals surface area contributed by atoms with Crippen molar-refractivity contribution in [3.63, 3.8) is 0 Å². The van der Waals surface area contributed by atoms with Gasteiger partial charge in [-0.05, 0) is 43.4 Å². The van der Waals surface area contributed by atoms with E-state index >= 15 is 0 Å². The Morgan fingerprint density at radius 1 is 1.32 bits per heavy atom. The predicted molar refractivity (Wildman–Crippen MR) is 76.3 cm³/mol. The lowest BCUT2D eigenvalue weighted by atomic mass is 9.98. The molecule has 1 aromatic carbocycles. The number of aryl methyl sites for hydroxylation is 2. The number of methoxy groups -OCH3 is 1. The van der Waals surface area contributed by atoms with Crippen LogP contribution in [-0.2, 0) is 0 Å². The van der Waals surface area contributed by atoms with Gasteiger partial charge in [0.25, 0.3) is 0 Å². The van der Waals surface area contributed by atoms with E-state index in [1.54, 1.807) is 7.11 Å². The van der Waals surface area contributed by atoms with Gasteiger partial charge in [0, 0.05) is 5.56 Å². The molecule has 0 aliphatic heterocycles. The van der Waals surface area contributed by atoms with Gasteiger partial charge in [0.05, 0.1) is 23.7 Å². The van der Waals surface area contributed by atoms with Gasteiger partial charge in [-0.25, -0.2) is 5.43 Å². The molecule has 0 saturated carbocycles. The summed E-state index contributed by atoms with van der Waals surface area (Å²) in [5.74, 6) is 6.58. The fourth-order valence-corrected chi connectivity index (χ4v) is 2.84. The summed E-state index contributed by atoms with van der Waals surface area (Å²) >= 11 is 1.35. The zero-order valence-corrected chi connectivity index (χ0v) is 12.3. The van der Waals surface area contributed by atoms with Crippen molar-refractivity contribution < 1.29 is 4.74 Å². The lowest BCUT2D eigenvalue weighted by Crippen LogP contribution is -2.29. The summed E-state index contributed by atoms with van der Waals surface area (Å²) in [7, 11) is 1.68. The molecule has 102 valence electrons. The molecule has 0 fully saturated rings. The quantitative estimate of drug-likeness (QED) is 0.661. The predicted octanol–water partition coefficient (Wildman–Crippen LogP) is 2.02. The van der Waals surface area contributed by atoms with Gasteiger partial charge in [0.1, 0.15) is 5.75 Å². The maximum atomic E-state index is 5.72. The number of nitrogens with two attached hydrogens (primary N) is 1. The van der Waals surface area contributed by atoms with Crippen LogP contribution in [0, 0.1) is 20.8 Å². The summed E-state index contributed by atoms with van der Waals surface area (Å²) in [6, 6.07) is 3.95. The summed E-state index contributed by atoms with van der Waals surface area (Å²) in [5.41, 5.74) is 7.03. The Balaban J connectivity index is 2.56. The zero-order chi connectivity index (χ0) is 14.0. The first-order valence-corrected chi connectivity index (χ1v) is 6.76. The molecule has 5 nitrogen and oxygen atoms in total. The van der Waals surface area contributed by atoms with Gasteiger partial charge in [-0.15, -0.1) is 5.10 Å². The first-order chi connectivity index (χ1) is 9.10. The van der Waals surface area contributed by atoms with Crippen LogP contribution in [0.4, 0.5) is 0 Å². The van der Waals surface area contributed by atoms with Crippen LogP contribution in [-0.4, -0.2) is 16.7 Å². The van der Waals surface area contributed by atoms with Crippen molar-refractivity contribution in [2.75, 3.05) is 7.11 Å². The van der Waals surface area contributed by atoms with Crippen molar-refractivity contribution in [3.8, 4) is 5.75 Å². The van der Waals surface area contributed by atoms with Gasteiger partial charge >= 0.3 is 0 Å². The number of hydrazine groups is 1. The van der Waals surface area contributed by atoms with E-state index in [-0.39, 0.29) is 6.04 Å². The Morgan fingerprint density at radius 3 is 2.58 bits per heavy atom. The molecular weight excluding hydrogens is 260 g/mol. The van der Waals surface area contributed by atoms with Gasteiger partial charge in [0.2, 0.25) is 0 Å². The number of ether oxygens (including phenoxy) is 1. The van der Waals surface area contributed by atoms with Gasteiger partial charge in [-0.1, -0.05) is 16.6 Å². The second kappa shape index (κ2) is 5.64. The molecular formula is C13H18N4OS. The number of rotatable bonds is 4. The molecule has 0 amide bonds. The molecule has 2 aromatic rings. The van der Waals surface area contributed by atoms with E-state index in [1.807, 2.05) is 19.9 Å². The Bertz CT molecular complexity index is 582. The fourth-order valence-electron chi connectivity index (χ4n) is 2.12. The highest BCUT2D eigenvalue weighted by atomic mass is 32.1. The summed E-state index contributed by atoms with van der Waals surface area (Å²) in [4.78, 5) is 1.00. The average molecular weight is 278 g/mol. The van der Waals surface area contributed by atoms with Crippen LogP contribution < -0.4 is 16.0 Å². The Kier molecular flexibility index (Phi) is 4.14. The Hall–Kier alpha value is -1.50. The van der Waals surface area contributed by atoms with Crippen molar-refractivity contribution >= 4 is 11.5 Å². The normalized spacial score (nSPS) is 12.5. The van der Waals surface area contributed by atoms with Gasteiger partial charge in [-0.3, -0.25) is 5.84 Å². The minimum absolute atomic E-state index is 0.158. The van der Waals surface area contributed by atoms with Crippen molar-refractivity contribution in [2.45, 2.75) is 26.8 Å². The van der Waals surface area contributed by atoms with Crippen molar-refractivity contribution in [1.82, 2.24) is 15.0 Å². The Labute approximate surface area is 116 Å². The molecule has 0 saturated heterocycles. The summed E-state index contributed by atoms with van der Waals surface area (Å²) < 4.78 is 9.51. The second-order valence-electron chi connectivity index (χ2n) is 4.45. The van der Waals surface area contributed by atoms with Crippen LogP contribution >= 0.6 is 11.5 Å². The maximum absolute atomic E-state index is 5.72. The number of nitrogens with one attached hydrogen (secondary N) is 1. The molecule has 0 spiro atoms. The van der Waals surface area contributed by atoms with Crippen LogP contribution in [0.3, 0.4) is 0 Å². The minimum atomic E-state index is -0.158. The van der Waals surface area contributed by atoms with E-state index in [4.69, 9.17) is 10.6 Å². The standard InChI is InChI=1S/C13H18N4OS/c1-7-5-6-10(12(18-4)8(7)2)11(15-14)13-9(3)16-17-19-13/h5-6,11,15H,14H2,1-4H3. The average Bonchev–Trinajstić information content (AvgIpc) is 2.81. The molecule has 19 heavy (non-hydrogen) atoms. The topological polar surface area (TPSA) is 73.1 Å². The molecule has 2 rings (SSSR count). The highest BCUT2D eigenvalue weighted by molar-refractivity contribution is 7.05. The first kappa shape index (κ1) is 13.9. The van der Waals surface area contributed by atoms with Crippen LogP contribution in [0.1, 0.15) is 33.3 Å². The molecule has 0 radical (unpaired) electrons. The van der Waals surface area contributed by atoms with Crippen LogP contribution in [0.15, 0.2) is 12.1 Å². The molecule has 3 N–H and O–H groups in total.